The highest BCUT2D eigenvalue weighted by Crippen LogP contribution is 2.26. The molecule has 1 aromatic carbocycles. The summed E-state index contributed by atoms with van der Waals surface area (Å²) in [5, 5.41) is 15.2. The van der Waals surface area contributed by atoms with Crippen LogP contribution < -0.4 is 11.1 Å². The lowest BCUT2D eigenvalue weighted by Gasteiger charge is -2.02. The number of anilines is 2. The molecule has 6 nitrogen and oxygen atoms in total. The van der Waals surface area contributed by atoms with E-state index in [1.165, 1.54) is 0 Å². The topological polar surface area (TPSA) is 93.2 Å². The molecule has 0 aliphatic carbocycles. The number of nitrogens with two attached hydrogens (primary N) is 1. The number of hydrogen-bond acceptors (Lipinski definition) is 3. The first kappa shape index (κ1) is 11.0. The fourth-order valence-electron chi connectivity index (χ4n) is 1.55. The number of carboxylic acid groups (broad SMARTS) is 1. The standard InChI is InChI=1S/C11H12N4O2/c1-15-6-9(13-11(16)17)10(14-15)7-2-4-8(12)5-3-7/h2-6,13H,12H2,1H3,(H,16,17). The molecule has 2 aromatic rings. The Hall–Kier alpha value is -2.50. The molecule has 0 aliphatic heterocycles. The minimum atomic E-state index is -1.12. The second-order valence-corrected chi connectivity index (χ2v) is 3.62. The molecule has 0 aliphatic rings. The van der Waals surface area contributed by atoms with Crippen LogP contribution in [0.15, 0.2) is 30.5 Å². The molecule has 88 valence electrons. The average molecular weight is 232 g/mol. The van der Waals surface area contributed by atoms with Crippen molar-refractivity contribution in [1.29, 1.82) is 0 Å². The van der Waals surface area contributed by atoms with Gasteiger partial charge in [-0.3, -0.25) is 10.00 Å². The Morgan fingerprint density at radius 3 is 2.65 bits per heavy atom. The number of benzene rings is 1. The van der Waals surface area contributed by atoms with Crippen molar-refractivity contribution < 1.29 is 9.90 Å². The molecule has 0 radical (unpaired) electrons. The van der Waals surface area contributed by atoms with Crippen LogP contribution in [0.4, 0.5) is 16.2 Å². The van der Waals surface area contributed by atoms with Crippen LogP contribution in [0.1, 0.15) is 0 Å². The van der Waals surface area contributed by atoms with Gasteiger partial charge in [-0.25, -0.2) is 4.79 Å². The lowest BCUT2D eigenvalue weighted by atomic mass is 10.1. The van der Waals surface area contributed by atoms with Gasteiger partial charge in [0.05, 0.1) is 5.69 Å². The number of hydrogen-bond donors (Lipinski definition) is 3. The molecule has 1 aromatic heterocycles. The first-order valence-electron chi connectivity index (χ1n) is 4.96. The van der Waals surface area contributed by atoms with E-state index in [0.717, 1.165) is 5.56 Å². The van der Waals surface area contributed by atoms with Crippen LogP contribution in [0.3, 0.4) is 0 Å². The SMILES string of the molecule is Cn1cc(NC(=O)O)c(-c2ccc(N)cc2)n1. The minimum Gasteiger partial charge on any atom is -0.465 e. The van der Waals surface area contributed by atoms with Gasteiger partial charge in [0.15, 0.2) is 0 Å². The zero-order chi connectivity index (χ0) is 12.4. The number of aromatic nitrogens is 2. The van der Waals surface area contributed by atoms with Crippen molar-refractivity contribution in [3.05, 3.63) is 30.5 Å². The van der Waals surface area contributed by atoms with Gasteiger partial charge >= 0.3 is 6.09 Å². The predicted octanol–water partition coefficient (Wildman–Crippen LogP) is 1.76. The Bertz CT molecular complexity index is 545. The van der Waals surface area contributed by atoms with Gasteiger partial charge in [0.1, 0.15) is 5.69 Å². The molecule has 0 unspecified atom stereocenters. The van der Waals surface area contributed by atoms with E-state index in [2.05, 4.69) is 10.4 Å². The largest absolute Gasteiger partial charge is 0.465 e. The fraction of sp³-hybridized carbons (Fsp3) is 0.0909. The van der Waals surface area contributed by atoms with E-state index in [1.54, 1.807) is 42.2 Å². The molecule has 1 heterocycles. The number of aryl methyl sites for hydroxylation is 1. The zero-order valence-corrected chi connectivity index (χ0v) is 9.21. The Labute approximate surface area is 97.7 Å². The molecule has 0 saturated carbocycles. The predicted molar refractivity (Wildman–Crippen MR) is 64.7 cm³/mol. The lowest BCUT2D eigenvalue weighted by molar-refractivity contribution is 0.210. The lowest BCUT2D eigenvalue weighted by Crippen LogP contribution is -2.07. The van der Waals surface area contributed by atoms with E-state index in [4.69, 9.17) is 10.8 Å². The maximum Gasteiger partial charge on any atom is 0.409 e. The third kappa shape index (κ3) is 2.36. The summed E-state index contributed by atoms with van der Waals surface area (Å²) in [6.07, 6.45) is 0.495. The van der Waals surface area contributed by atoms with Crippen molar-refractivity contribution in [2.24, 2.45) is 7.05 Å². The maximum atomic E-state index is 10.6. The highest BCUT2D eigenvalue weighted by Gasteiger charge is 2.11. The van der Waals surface area contributed by atoms with Crippen molar-refractivity contribution in [2.45, 2.75) is 0 Å². The van der Waals surface area contributed by atoms with Crippen molar-refractivity contribution in [1.82, 2.24) is 9.78 Å². The van der Waals surface area contributed by atoms with Gasteiger partial charge in [-0.1, -0.05) is 12.1 Å². The number of rotatable bonds is 2. The van der Waals surface area contributed by atoms with Gasteiger partial charge in [-0.15, -0.1) is 0 Å². The van der Waals surface area contributed by atoms with Gasteiger partial charge in [-0.2, -0.15) is 5.10 Å². The van der Waals surface area contributed by atoms with Crippen LogP contribution in [-0.4, -0.2) is 21.0 Å². The van der Waals surface area contributed by atoms with E-state index in [-0.39, 0.29) is 0 Å². The smallest absolute Gasteiger partial charge is 0.409 e. The molecule has 0 fully saturated rings. The quantitative estimate of drug-likeness (QED) is 0.688. The monoisotopic (exact) mass is 232 g/mol. The van der Waals surface area contributed by atoms with Crippen molar-refractivity contribution in [2.75, 3.05) is 11.1 Å². The second kappa shape index (κ2) is 4.17. The summed E-state index contributed by atoms with van der Waals surface area (Å²) >= 11 is 0. The first-order chi connectivity index (χ1) is 8.06. The van der Waals surface area contributed by atoms with Gasteiger partial charge in [0, 0.05) is 24.5 Å². The number of carbonyl (C=O) groups is 1. The summed E-state index contributed by atoms with van der Waals surface area (Å²) in [6.45, 7) is 0. The number of nitrogens with zero attached hydrogens (tertiary/aromatic N) is 2. The molecule has 1 amide bonds. The fourth-order valence-corrected chi connectivity index (χ4v) is 1.55. The van der Waals surface area contributed by atoms with Crippen molar-refractivity contribution in [3.63, 3.8) is 0 Å². The third-order valence-corrected chi connectivity index (χ3v) is 2.25. The normalized spacial score (nSPS) is 10.2. The van der Waals surface area contributed by atoms with Crippen LogP contribution in [0.2, 0.25) is 0 Å². The van der Waals surface area contributed by atoms with E-state index in [1.807, 2.05) is 0 Å². The maximum absolute atomic E-state index is 10.6. The van der Waals surface area contributed by atoms with Gasteiger partial charge in [0.2, 0.25) is 0 Å². The van der Waals surface area contributed by atoms with Crippen LogP contribution in [0.5, 0.6) is 0 Å². The van der Waals surface area contributed by atoms with Crippen LogP contribution in [0.25, 0.3) is 11.3 Å². The van der Waals surface area contributed by atoms with Gasteiger partial charge in [0.25, 0.3) is 0 Å². The molecular weight excluding hydrogens is 220 g/mol. The molecule has 4 N–H and O–H groups in total. The molecule has 2 rings (SSSR count). The van der Waals surface area contributed by atoms with E-state index in [0.29, 0.717) is 17.1 Å². The number of amides is 1. The summed E-state index contributed by atoms with van der Waals surface area (Å²) in [5.41, 5.74) is 8.08. The first-order valence-corrected chi connectivity index (χ1v) is 4.96. The molecular formula is C11H12N4O2. The summed E-state index contributed by atoms with van der Waals surface area (Å²) in [6, 6.07) is 7.08. The average Bonchev–Trinajstić information content (AvgIpc) is 2.59. The Balaban J connectivity index is 2.43. The summed E-state index contributed by atoms with van der Waals surface area (Å²) in [7, 11) is 1.73. The molecule has 6 heteroatoms. The second-order valence-electron chi connectivity index (χ2n) is 3.62. The Kier molecular flexibility index (Phi) is 2.70. The van der Waals surface area contributed by atoms with Gasteiger partial charge in [-0.05, 0) is 12.1 Å². The third-order valence-electron chi connectivity index (χ3n) is 2.25. The van der Waals surface area contributed by atoms with Crippen LogP contribution >= 0.6 is 0 Å². The molecule has 0 atom stereocenters. The summed E-state index contributed by atoms with van der Waals surface area (Å²) in [5.74, 6) is 0. The van der Waals surface area contributed by atoms with Crippen LogP contribution in [0, 0.1) is 0 Å². The van der Waals surface area contributed by atoms with Crippen molar-refractivity contribution >= 4 is 17.5 Å². The highest BCUT2D eigenvalue weighted by atomic mass is 16.4. The van der Waals surface area contributed by atoms with Crippen LogP contribution in [-0.2, 0) is 7.05 Å². The van der Waals surface area contributed by atoms with E-state index >= 15 is 0 Å². The Morgan fingerprint density at radius 2 is 2.06 bits per heavy atom. The van der Waals surface area contributed by atoms with E-state index < -0.39 is 6.09 Å². The van der Waals surface area contributed by atoms with E-state index in [9.17, 15) is 4.79 Å². The molecule has 0 bridgehead atoms. The molecule has 17 heavy (non-hydrogen) atoms. The number of nitrogen functional groups attached to an aromatic ring is 1. The Morgan fingerprint density at radius 1 is 1.41 bits per heavy atom. The number of nitrogens with one attached hydrogen (secondary N) is 1. The minimum absolute atomic E-state index is 0.449. The van der Waals surface area contributed by atoms with Gasteiger partial charge < -0.3 is 10.8 Å². The highest BCUT2D eigenvalue weighted by molar-refractivity contribution is 5.89. The van der Waals surface area contributed by atoms with Crippen molar-refractivity contribution in [3.8, 4) is 11.3 Å². The summed E-state index contributed by atoms with van der Waals surface area (Å²) in [4.78, 5) is 10.6. The molecule has 0 spiro atoms. The zero-order valence-electron chi connectivity index (χ0n) is 9.21. The molecule has 0 saturated heterocycles. The summed E-state index contributed by atoms with van der Waals surface area (Å²) < 4.78 is 1.55.